The molecule has 0 aliphatic rings. The zero-order valence-electron chi connectivity index (χ0n) is 13.6. The summed E-state index contributed by atoms with van der Waals surface area (Å²) in [5, 5.41) is 2.59. The molecule has 0 aliphatic carbocycles. The van der Waals surface area contributed by atoms with Gasteiger partial charge >= 0.3 is 0 Å². The molecule has 0 spiro atoms. The second-order valence-corrected chi connectivity index (χ2v) is 6.75. The van der Waals surface area contributed by atoms with Crippen LogP contribution in [0.2, 0.25) is 0 Å². The Kier molecular flexibility index (Phi) is 3.48. The standard InChI is InChI=1S/C19H24N2/c1-12(2)18(13(3)4)21-17-9-7-6-8-15(17)16-10-14(5)11-20-19(16)21/h6-13,18H,1-5H3. The molecule has 0 saturated heterocycles. The smallest absolute Gasteiger partial charge is 0.141 e. The van der Waals surface area contributed by atoms with Crippen molar-refractivity contribution in [1.82, 2.24) is 9.55 Å². The van der Waals surface area contributed by atoms with Crippen LogP contribution in [0.1, 0.15) is 39.3 Å². The molecule has 3 aromatic rings. The Labute approximate surface area is 126 Å². The van der Waals surface area contributed by atoms with Crippen LogP contribution in [0.3, 0.4) is 0 Å². The molecular weight excluding hydrogens is 256 g/mol. The maximum atomic E-state index is 4.77. The van der Waals surface area contributed by atoms with E-state index < -0.39 is 0 Å². The van der Waals surface area contributed by atoms with E-state index in [4.69, 9.17) is 4.98 Å². The lowest BCUT2D eigenvalue weighted by molar-refractivity contribution is 0.300. The van der Waals surface area contributed by atoms with Crippen LogP contribution >= 0.6 is 0 Å². The predicted octanol–water partition coefficient (Wildman–Crippen LogP) is 5.35. The first kappa shape index (κ1) is 14.1. The molecule has 0 saturated carbocycles. The highest BCUT2D eigenvalue weighted by Gasteiger charge is 2.24. The Morgan fingerprint density at radius 2 is 1.62 bits per heavy atom. The van der Waals surface area contributed by atoms with Gasteiger partial charge in [-0.15, -0.1) is 0 Å². The van der Waals surface area contributed by atoms with Crippen molar-refractivity contribution in [1.29, 1.82) is 0 Å². The first-order valence-electron chi connectivity index (χ1n) is 7.86. The molecule has 0 bridgehead atoms. The number of hydrogen-bond acceptors (Lipinski definition) is 1. The Hall–Kier alpha value is -1.83. The molecule has 2 heterocycles. The molecular formula is C19H24N2. The van der Waals surface area contributed by atoms with Crippen LogP contribution in [-0.4, -0.2) is 9.55 Å². The molecule has 0 unspecified atom stereocenters. The van der Waals surface area contributed by atoms with Crippen LogP contribution < -0.4 is 0 Å². The van der Waals surface area contributed by atoms with Crippen molar-refractivity contribution in [2.45, 2.75) is 40.7 Å². The maximum Gasteiger partial charge on any atom is 0.141 e. The SMILES string of the molecule is Cc1cnc2c(c1)c1ccccc1n2C(C(C)C)C(C)C. The summed E-state index contributed by atoms with van der Waals surface area (Å²) in [6.45, 7) is 11.3. The zero-order valence-corrected chi connectivity index (χ0v) is 13.6. The van der Waals surface area contributed by atoms with Crippen LogP contribution in [0.15, 0.2) is 36.5 Å². The number of para-hydroxylation sites is 1. The first-order valence-corrected chi connectivity index (χ1v) is 7.86. The summed E-state index contributed by atoms with van der Waals surface area (Å²) >= 11 is 0. The van der Waals surface area contributed by atoms with Crippen molar-refractivity contribution in [2.75, 3.05) is 0 Å². The van der Waals surface area contributed by atoms with E-state index in [0.717, 1.165) is 5.65 Å². The van der Waals surface area contributed by atoms with Gasteiger partial charge < -0.3 is 4.57 Å². The van der Waals surface area contributed by atoms with Crippen molar-refractivity contribution < 1.29 is 0 Å². The minimum atomic E-state index is 0.461. The monoisotopic (exact) mass is 280 g/mol. The van der Waals surface area contributed by atoms with Crippen molar-refractivity contribution in [2.24, 2.45) is 11.8 Å². The van der Waals surface area contributed by atoms with Crippen LogP contribution in [0, 0.1) is 18.8 Å². The summed E-state index contributed by atoms with van der Waals surface area (Å²) in [4.78, 5) is 4.77. The van der Waals surface area contributed by atoms with Gasteiger partial charge in [-0.25, -0.2) is 4.98 Å². The largest absolute Gasteiger partial charge is 0.322 e. The van der Waals surface area contributed by atoms with Gasteiger partial charge in [0.15, 0.2) is 0 Å². The van der Waals surface area contributed by atoms with Crippen molar-refractivity contribution in [3.8, 4) is 0 Å². The van der Waals surface area contributed by atoms with E-state index in [0.29, 0.717) is 17.9 Å². The second-order valence-electron chi connectivity index (χ2n) is 6.75. The van der Waals surface area contributed by atoms with Crippen LogP contribution in [0.4, 0.5) is 0 Å². The Balaban J connectivity index is 2.43. The quantitative estimate of drug-likeness (QED) is 0.632. The number of hydrogen-bond donors (Lipinski definition) is 0. The summed E-state index contributed by atoms with van der Waals surface area (Å²) in [5.74, 6) is 1.15. The van der Waals surface area contributed by atoms with Gasteiger partial charge in [-0.05, 0) is 36.5 Å². The van der Waals surface area contributed by atoms with E-state index in [2.05, 4.69) is 69.5 Å². The molecule has 0 N–H and O–H groups in total. The fraction of sp³-hybridized carbons (Fsp3) is 0.421. The van der Waals surface area contributed by atoms with E-state index in [1.165, 1.54) is 21.9 Å². The molecule has 110 valence electrons. The number of benzene rings is 1. The highest BCUT2D eigenvalue weighted by molar-refractivity contribution is 6.06. The van der Waals surface area contributed by atoms with E-state index in [1.54, 1.807) is 0 Å². The van der Waals surface area contributed by atoms with E-state index in [-0.39, 0.29) is 0 Å². The topological polar surface area (TPSA) is 17.8 Å². The number of aromatic nitrogens is 2. The summed E-state index contributed by atoms with van der Waals surface area (Å²) in [6.07, 6.45) is 1.98. The average molecular weight is 280 g/mol. The van der Waals surface area contributed by atoms with Gasteiger partial charge in [0, 0.05) is 23.0 Å². The molecule has 1 aromatic carbocycles. The fourth-order valence-corrected chi connectivity index (χ4v) is 3.65. The van der Waals surface area contributed by atoms with Gasteiger partial charge in [0.1, 0.15) is 5.65 Å². The molecule has 0 fully saturated rings. The molecule has 0 atom stereocenters. The molecule has 0 amide bonds. The Bertz CT molecular complexity index is 773. The van der Waals surface area contributed by atoms with E-state index in [9.17, 15) is 0 Å². The molecule has 3 rings (SSSR count). The van der Waals surface area contributed by atoms with Gasteiger partial charge in [0.2, 0.25) is 0 Å². The number of fused-ring (bicyclic) bond motifs is 3. The lowest BCUT2D eigenvalue weighted by Crippen LogP contribution is -2.21. The summed E-state index contributed by atoms with van der Waals surface area (Å²) in [7, 11) is 0. The highest BCUT2D eigenvalue weighted by Crippen LogP contribution is 2.36. The minimum absolute atomic E-state index is 0.461. The first-order chi connectivity index (χ1) is 10.0. The Morgan fingerprint density at radius 3 is 2.29 bits per heavy atom. The van der Waals surface area contributed by atoms with E-state index >= 15 is 0 Å². The highest BCUT2D eigenvalue weighted by atomic mass is 15.1. The molecule has 2 heteroatoms. The third kappa shape index (κ3) is 2.23. The van der Waals surface area contributed by atoms with Crippen LogP contribution in [0.5, 0.6) is 0 Å². The third-order valence-electron chi connectivity index (χ3n) is 4.35. The minimum Gasteiger partial charge on any atom is -0.322 e. The number of aryl methyl sites for hydroxylation is 1. The van der Waals surface area contributed by atoms with Crippen molar-refractivity contribution in [3.63, 3.8) is 0 Å². The van der Waals surface area contributed by atoms with Gasteiger partial charge in [-0.2, -0.15) is 0 Å². The predicted molar refractivity (Wildman–Crippen MR) is 90.7 cm³/mol. The zero-order chi connectivity index (χ0) is 15.1. The molecule has 0 aliphatic heterocycles. The summed E-state index contributed by atoms with van der Waals surface area (Å²) in [5.41, 5.74) is 3.64. The number of rotatable bonds is 3. The summed E-state index contributed by atoms with van der Waals surface area (Å²) < 4.78 is 2.46. The molecule has 2 nitrogen and oxygen atoms in total. The fourth-order valence-electron chi connectivity index (χ4n) is 3.65. The summed E-state index contributed by atoms with van der Waals surface area (Å²) in [6, 6.07) is 11.4. The average Bonchev–Trinajstić information content (AvgIpc) is 2.73. The third-order valence-corrected chi connectivity index (χ3v) is 4.35. The Morgan fingerprint density at radius 1 is 0.952 bits per heavy atom. The van der Waals surface area contributed by atoms with Gasteiger partial charge in [-0.1, -0.05) is 45.9 Å². The van der Waals surface area contributed by atoms with Gasteiger partial charge in [-0.3, -0.25) is 0 Å². The lowest BCUT2D eigenvalue weighted by Gasteiger charge is -2.28. The van der Waals surface area contributed by atoms with Crippen LogP contribution in [-0.2, 0) is 0 Å². The van der Waals surface area contributed by atoms with Gasteiger partial charge in [0.05, 0.1) is 5.52 Å². The number of nitrogens with zero attached hydrogens (tertiary/aromatic N) is 2. The van der Waals surface area contributed by atoms with E-state index in [1.807, 2.05) is 6.20 Å². The number of pyridine rings is 1. The molecule has 21 heavy (non-hydrogen) atoms. The lowest BCUT2D eigenvalue weighted by atomic mass is 9.93. The maximum absolute atomic E-state index is 4.77. The second kappa shape index (κ2) is 5.18. The van der Waals surface area contributed by atoms with Gasteiger partial charge in [0.25, 0.3) is 0 Å². The normalized spacial score (nSPS) is 12.4. The molecule has 2 aromatic heterocycles. The van der Waals surface area contributed by atoms with Crippen molar-refractivity contribution >= 4 is 21.9 Å². The van der Waals surface area contributed by atoms with Crippen molar-refractivity contribution in [3.05, 3.63) is 42.1 Å². The molecule has 0 radical (unpaired) electrons. The van der Waals surface area contributed by atoms with Crippen LogP contribution in [0.25, 0.3) is 21.9 Å².